The van der Waals surface area contributed by atoms with Crippen molar-refractivity contribution in [2.45, 2.75) is 107 Å². The van der Waals surface area contributed by atoms with Crippen LogP contribution in [0.1, 0.15) is 96.8 Å². The summed E-state index contributed by atoms with van der Waals surface area (Å²) in [4.78, 5) is 0. The molecule has 8 aliphatic carbocycles. The van der Waals surface area contributed by atoms with Gasteiger partial charge in [-0.1, -0.05) is 21.3 Å². The van der Waals surface area contributed by atoms with Crippen molar-refractivity contribution in [2.75, 3.05) is 24.4 Å². The van der Waals surface area contributed by atoms with Gasteiger partial charge >= 0.3 is 94.3 Å². The standard InChI is InChI=1S/C24H39P.C12H10N.2CH4O3S.Pd/c1-2-3-4-25(23-11-17-5-18(12-23)7-19(6-17)13-23)24-14-20-8-21(15-24)10-22(9-20)16-24;13-12-9-5-4-8-11(12)10-6-2-1-3-7-10;2*1-5(2,3)4;/h17-22H,2-16H2,1H3;1-6,8-9H,13H2;2*1H3,(H,2,3,4);/q;;;;+2/p-2. The zero-order valence-corrected chi connectivity index (χ0v) is 33.4. The molecular weight excluding hydrogens is 768 g/mol. The van der Waals surface area contributed by atoms with E-state index in [1.54, 1.807) is 89.6 Å². The monoisotopic (exact) mass is 822 g/mol. The van der Waals surface area contributed by atoms with Crippen molar-refractivity contribution < 1.29 is 45.1 Å². The summed E-state index contributed by atoms with van der Waals surface area (Å²) in [6.07, 6.45) is 25.8. The molecule has 0 aromatic heterocycles. The second kappa shape index (κ2) is 16.0. The molecule has 8 fully saturated rings. The first-order valence-electron chi connectivity index (χ1n) is 18.1. The number of anilines is 1. The second-order valence-electron chi connectivity index (χ2n) is 16.2. The number of nitrogens with two attached hydrogens (primary N) is 1. The van der Waals surface area contributed by atoms with Gasteiger partial charge in [0, 0.05) is 12.5 Å². The summed E-state index contributed by atoms with van der Waals surface area (Å²) in [5.74, 6) is 6.95. The van der Waals surface area contributed by atoms with Crippen LogP contribution >= 0.6 is 7.92 Å². The van der Waals surface area contributed by atoms with Crippen LogP contribution < -0.4 is 9.77 Å². The molecule has 0 saturated heterocycles. The Balaban J connectivity index is 0.000000164. The molecule has 0 heterocycles. The summed E-state index contributed by atoms with van der Waals surface area (Å²) in [5.41, 5.74) is 8.94. The van der Waals surface area contributed by atoms with E-state index in [1.165, 1.54) is 6.42 Å². The zero-order valence-electron chi connectivity index (χ0n) is 29.3. The molecule has 0 radical (unpaired) electrons. The number of nitrogen functional groups attached to an aromatic ring is 1. The van der Waals surface area contributed by atoms with Crippen LogP contribution in [0.15, 0.2) is 48.5 Å². The molecule has 7 nitrogen and oxygen atoms in total. The van der Waals surface area contributed by atoms with Crippen molar-refractivity contribution in [3.8, 4) is 11.1 Å². The minimum absolute atomic E-state index is 0.285. The van der Waals surface area contributed by atoms with E-state index in [0.29, 0.717) is 12.5 Å². The number of hydrogen-bond acceptors (Lipinski definition) is 7. The van der Waals surface area contributed by atoms with Gasteiger partial charge in [0.15, 0.2) is 0 Å². The van der Waals surface area contributed by atoms with Crippen LogP contribution in [0.2, 0.25) is 0 Å². The molecule has 275 valence electrons. The van der Waals surface area contributed by atoms with Gasteiger partial charge in [0.05, 0.1) is 20.2 Å². The van der Waals surface area contributed by atoms with Gasteiger partial charge in [-0.2, -0.15) is 0 Å². The quantitative estimate of drug-likeness (QED) is 0.137. The van der Waals surface area contributed by atoms with E-state index >= 15 is 0 Å². The molecule has 49 heavy (non-hydrogen) atoms. The van der Waals surface area contributed by atoms with Gasteiger partial charge < -0.3 is 9.11 Å². The predicted molar refractivity (Wildman–Crippen MR) is 196 cm³/mol. The normalized spacial score (nSPS) is 34.1. The van der Waals surface area contributed by atoms with Crippen LogP contribution in [-0.2, 0) is 39.4 Å². The summed E-state index contributed by atoms with van der Waals surface area (Å²) in [7, 11) is -7.55. The van der Waals surface area contributed by atoms with E-state index in [0.717, 1.165) is 66.7 Å². The molecule has 0 aliphatic heterocycles. The fourth-order valence-electron chi connectivity index (χ4n) is 11.5. The molecule has 0 spiro atoms. The molecule has 0 atom stereocenters. The first-order valence-corrected chi connectivity index (χ1v) is 24.0. The average molecular weight is 823 g/mol. The van der Waals surface area contributed by atoms with Gasteiger partial charge in [-0.05, 0) is 135 Å². The molecule has 2 aromatic rings. The Morgan fingerprint density at radius 2 is 1.00 bits per heavy atom. The second-order valence-corrected chi connectivity index (χ2v) is 23.1. The van der Waals surface area contributed by atoms with Crippen molar-refractivity contribution >= 4 is 37.9 Å². The van der Waals surface area contributed by atoms with E-state index in [2.05, 4.69) is 32.2 Å². The van der Waals surface area contributed by atoms with Crippen LogP contribution in [0, 0.1) is 35.5 Å². The zero-order chi connectivity index (χ0) is 35.6. The van der Waals surface area contributed by atoms with Crippen molar-refractivity contribution in [3.63, 3.8) is 0 Å². The van der Waals surface area contributed by atoms with Gasteiger partial charge in [-0.3, -0.25) is 0 Å². The van der Waals surface area contributed by atoms with E-state index in [4.69, 9.17) is 31.7 Å². The van der Waals surface area contributed by atoms with Crippen molar-refractivity contribution in [2.24, 2.45) is 35.5 Å². The van der Waals surface area contributed by atoms with E-state index in [9.17, 15) is 0 Å². The minimum atomic E-state index is -3.92. The van der Waals surface area contributed by atoms with Gasteiger partial charge in [0.2, 0.25) is 0 Å². The van der Waals surface area contributed by atoms with Gasteiger partial charge in [-0.15, -0.1) is 0 Å². The third kappa shape index (κ3) is 10.6. The van der Waals surface area contributed by atoms with Crippen molar-refractivity contribution in [3.05, 3.63) is 48.5 Å². The SMILES string of the molecule is CCCCP(C12CC3CC(CC(C3)C1)C2)C12CC3CC(CC(C3)C1)C2.CS(=O)(=O)[O-].CS(=O)(=O)[O-].Nc1ccccc1-c1cccc[c]1[Pd+2]. The Morgan fingerprint density at radius 1 is 0.673 bits per heavy atom. The van der Waals surface area contributed by atoms with Crippen LogP contribution in [0.25, 0.3) is 11.1 Å². The number of unbranched alkanes of at least 4 members (excludes halogenated alkanes) is 1. The third-order valence-electron chi connectivity index (χ3n) is 12.0. The summed E-state index contributed by atoms with van der Waals surface area (Å²) in [6.45, 7) is 2.45. The summed E-state index contributed by atoms with van der Waals surface area (Å²) < 4.78 is 55.6. The molecule has 0 unspecified atom stereocenters. The molecule has 0 amide bonds. The van der Waals surface area contributed by atoms with Crippen molar-refractivity contribution in [1.29, 1.82) is 0 Å². The number of benzene rings is 2. The Hall–Kier alpha value is -0.848. The van der Waals surface area contributed by atoms with Crippen LogP contribution in [0.3, 0.4) is 0 Å². The number of hydrogen-bond donors (Lipinski definition) is 1. The van der Waals surface area contributed by atoms with Gasteiger partial charge in [0.1, 0.15) is 0 Å². The molecule has 8 aliphatic rings. The summed E-state index contributed by atoms with van der Waals surface area (Å²) in [6, 6.07) is 16.0. The summed E-state index contributed by atoms with van der Waals surface area (Å²) in [5, 5.41) is 1.76. The van der Waals surface area contributed by atoms with Gasteiger partial charge in [-0.25, -0.2) is 16.8 Å². The Labute approximate surface area is 308 Å². The molecule has 2 N–H and O–H groups in total. The summed E-state index contributed by atoms with van der Waals surface area (Å²) >= 11 is 3.23. The molecule has 2 aromatic carbocycles. The Bertz CT molecular complexity index is 1440. The van der Waals surface area contributed by atoms with Crippen LogP contribution in [-0.4, -0.2) is 54.9 Å². The van der Waals surface area contributed by atoms with E-state index in [1.807, 2.05) is 42.5 Å². The average Bonchev–Trinajstić information content (AvgIpc) is 2.95. The van der Waals surface area contributed by atoms with Crippen LogP contribution in [0.5, 0.6) is 0 Å². The fourth-order valence-corrected chi connectivity index (χ4v) is 17.4. The maximum atomic E-state index is 9.08. The Morgan fingerprint density at radius 3 is 1.33 bits per heavy atom. The van der Waals surface area contributed by atoms with Crippen molar-refractivity contribution in [1.82, 2.24) is 0 Å². The van der Waals surface area contributed by atoms with E-state index in [-0.39, 0.29) is 7.92 Å². The first kappa shape index (κ1) is 39.4. The van der Waals surface area contributed by atoms with E-state index < -0.39 is 20.2 Å². The fraction of sp³-hybridized carbons (Fsp3) is 0.684. The Kier molecular flexibility index (Phi) is 12.9. The number of rotatable bonds is 6. The molecule has 10 rings (SSSR count). The molecular formula is C38H55NO6PPdS2. The van der Waals surface area contributed by atoms with Crippen LogP contribution in [0.4, 0.5) is 5.69 Å². The first-order chi connectivity index (χ1) is 23.0. The predicted octanol–water partition coefficient (Wildman–Crippen LogP) is 7.64. The maximum absolute atomic E-state index is 9.08. The molecule has 8 saturated carbocycles. The van der Waals surface area contributed by atoms with Gasteiger partial charge in [0.25, 0.3) is 0 Å². The topological polar surface area (TPSA) is 140 Å². The third-order valence-corrected chi connectivity index (χ3v) is 16.8. The molecule has 8 bridgehead atoms. The number of para-hydroxylation sites is 1. The molecule has 11 heteroatoms.